The fraction of sp³-hybridized carbons (Fsp3) is 0.0714. The van der Waals surface area contributed by atoms with Gasteiger partial charge in [-0.05, 0) is 0 Å². The number of rotatable bonds is 3. The molecule has 0 atom stereocenters. The van der Waals surface area contributed by atoms with Crippen LogP contribution in [0.3, 0.4) is 0 Å². The molecule has 0 spiro atoms. The molecule has 0 bridgehead atoms. The minimum atomic E-state index is 0.390. The van der Waals surface area contributed by atoms with Crippen LogP contribution in [0.25, 0.3) is 22.3 Å². The first-order valence-electron chi connectivity index (χ1n) is 9.66. The van der Waals surface area contributed by atoms with Crippen molar-refractivity contribution in [2.75, 3.05) is 0 Å². The predicted molar refractivity (Wildman–Crippen MR) is 126 cm³/mol. The quantitative estimate of drug-likeness (QED) is 0.268. The topological polar surface area (TPSA) is 0 Å². The summed E-state index contributed by atoms with van der Waals surface area (Å²) in [6, 6.07) is 34.2. The van der Waals surface area contributed by atoms with Crippen LogP contribution < -0.4 is 4.46 Å². The van der Waals surface area contributed by atoms with Crippen molar-refractivity contribution < 1.29 is 0 Å². The molecule has 0 N–H and O–H groups in total. The van der Waals surface area contributed by atoms with Crippen LogP contribution >= 0.6 is 0 Å². The summed E-state index contributed by atoms with van der Waals surface area (Å²) in [5.41, 5.74) is 8.43. The van der Waals surface area contributed by atoms with Crippen molar-refractivity contribution in [3.05, 3.63) is 114 Å². The Kier molecular flexibility index (Phi) is 5.97. The van der Waals surface area contributed by atoms with Gasteiger partial charge >= 0.3 is 180 Å². The van der Waals surface area contributed by atoms with E-state index in [1.807, 2.05) is 6.07 Å². The molecule has 0 aliphatic rings. The van der Waals surface area contributed by atoms with Gasteiger partial charge in [0, 0.05) is 0 Å². The third kappa shape index (κ3) is 4.52. The van der Waals surface area contributed by atoms with Gasteiger partial charge in [-0.1, -0.05) is 0 Å². The average molecular weight is 437 g/mol. The first-order valence-corrected chi connectivity index (χ1v) is 12.2. The second-order valence-electron chi connectivity index (χ2n) is 6.93. The van der Waals surface area contributed by atoms with Crippen molar-refractivity contribution in [3.63, 3.8) is 0 Å². The zero-order valence-corrected chi connectivity index (χ0v) is 18.4. The number of hydrogen-bond acceptors (Lipinski definition) is 0. The van der Waals surface area contributed by atoms with E-state index in [-0.39, 0.29) is 0 Å². The van der Waals surface area contributed by atoms with E-state index in [9.17, 15) is 0 Å². The predicted octanol–water partition coefficient (Wildman–Crippen LogP) is 6.11. The molecule has 29 heavy (non-hydrogen) atoms. The van der Waals surface area contributed by atoms with Gasteiger partial charge in [0.15, 0.2) is 0 Å². The summed E-state index contributed by atoms with van der Waals surface area (Å²) in [5.74, 6) is 9.08. The third-order valence-corrected chi connectivity index (χ3v) is 6.61. The van der Waals surface area contributed by atoms with Crippen molar-refractivity contribution in [2.24, 2.45) is 0 Å². The summed E-state index contributed by atoms with van der Waals surface area (Å²) in [6.45, 7) is 2.14. The monoisotopic (exact) mass is 438 g/mol. The van der Waals surface area contributed by atoms with Crippen LogP contribution in [0.1, 0.15) is 16.7 Å². The van der Waals surface area contributed by atoms with Gasteiger partial charge in [-0.25, -0.2) is 0 Å². The van der Waals surface area contributed by atoms with Crippen LogP contribution in [0.15, 0.2) is 97.1 Å². The van der Waals surface area contributed by atoms with E-state index >= 15 is 0 Å². The van der Waals surface area contributed by atoms with Crippen LogP contribution in [0.2, 0.25) is 5.82 Å². The van der Waals surface area contributed by atoms with Crippen LogP contribution in [-0.2, 0) is 0 Å². The van der Waals surface area contributed by atoms with Crippen molar-refractivity contribution in [1.82, 2.24) is 0 Å². The molecule has 0 amide bonds. The molecule has 0 aliphatic heterocycles. The standard InChI is InChI=1S/C28H22Se/c1-21-19-26(23-9-5-3-6-10-23)17-14-22(21)13-15-25-16-18-27(20-28(25)29-2)24-11-7-4-8-12-24/h3-12,14,16-20H,1-2H3. The molecule has 0 radical (unpaired) electrons. The molecule has 0 fully saturated rings. The maximum atomic E-state index is 3.42. The normalized spacial score (nSPS) is 10.3. The summed E-state index contributed by atoms with van der Waals surface area (Å²) in [7, 11) is 0. The summed E-state index contributed by atoms with van der Waals surface area (Å²) in [4.78, 5) is 0. The Morgan fingerprint density at radius 1 is 0.552 bits per heavy atom. The Labute approximate surface area is 179 Å². The Hall–Kier alpha value is -3.04. The molecule has 0 aromatic heterocycles. The van der Waals surface area contributed by atoms with Crippen LogP contribution in [0.4, 0.5) is 0 Å². The number of aryl methyl sites for hydroxylation is 1. The van der Waals surface area contributed by atoms with E-state index in [2.05, 4.69) is 116 Å². The fourth-order valence-corrected chi connectivity index (χ4v) is 4.58. The van der Waals surface area contributed by atoms with Gasteiger partial charge in [-0.2, -0.15) is 0 Å². The molecule has 0 aliphatic carbocycles. The molecule has 4 aromatic rings. The zero-order valence-electron chi connectivity index (χ0n) is 16.6. The summed E-state index contributed by atoms with van der Waals surface area (Å²) in [6.07, 6.45) is 0. The van der Waals surface area contributed by atoms with Crippen LogP contribution in [0.5, 0.6) is 0 Å². The van der Waals surface area contributed by atoms with Gasteiger partial charge in [-0.3, -0.25) is 0 Å². The van der Waals surface area contributed by atoms with Gasteiger partial charge in [-0.15, -0.1) is 0 Å². The van der Waals surface area contributed by atoms with Crippen LogP contribution in [0, 0.1) is 18.8 Å². The van der Waals surface area contributed by atoms with E-state index < -0.39 is 0 Å². The van der Waals surface area contributed by atoms with E-state index in [1.165, 1.54) is 32.3 Å². The zero-order chi connectivity index (χ0) is 20.1. The summed E-state index contributed by atoms with van der Waals surface area (Å²) in [5, 5.41) is 0. The molecule has 1 heteroatoms. The van der Waals surface area contributed by atoms with Crippen molar-refractivity contribution in [1.29, 1.82) is 0 Å². The van der Waals surface area contributed by atoms with E-state index in [4.69, 9.17) is 0 Å². The van der Waals surface area contributed by atoms with Gasteiger partial charge in [0.05, 0.1) is 0 Å². The molecule has 4 aromatic carbocycles. The number of hydrogen-bond donors (Lipinski definition) is 0. The molecule has 0 unspecified atom stereocenters. The van der Waals surface area contributed by atoms with Gasteiger partial charge in [0.1, 0.15) is 0 Å². The van der Waals surface area contributed by atoms with Gasteiger partial charge in [0.25, 0.3) is 0 Å². The fourth-order valence-electron chi connectivity index (χ4n) is 3.35. The number of benzene rings is 4. The Bertz CT molecular complexity index is 1180. The van der Waals surface area contributed by atoms with Crippen molar-refractivity contribution in [3.8, 4) is 34.1 Å². The van der Waals surface area contributed by atoms with E-state index in [1.54, 1.807) is 0 Å². The first kappa shape index (κ1) is 19.3. The Morgan fingerprint density at radius 3 is 1.62 bits per heavy atom. The summed E-state index contributed by atoms with van der Waals surface area (Å²) < 4.78 is 1.35. The summed E-state index contributed by atoms with van der Waals surface area (Å²) >= 11 is 0.390. The molecule has 0 heterocycles. The average Bonchev–Trinajstić information content (AvgIpc) is 2.79. The van der Waals surface area contributed by atoms with Crippen molar-refractivity contribution in [2.45, 2.75) is 12.7 Å². The maximum absolute atomic E-state index is 3.42. The molecule has 140 valence electrons. The van der Waals surface area contributed by atoms with E-state index in [0.29, 0.717) is 15.0 Å². The first-order chi connectivity index (χ1) is 14.2. The minimum absolute atomic E-state index is 0.390. The molecular weight excluding hydrogens is 415 g/mol. The third-order valence-electron chi connectivity index (χ3n) is 4.97. The molecule has 0 nitrogen and oxygen atoms in total. The van der Waals surface area contributed by atoms with E-state index in [0.717, 1.165) is 11.1 Å². The second kappa shape index (κ2) is 8.97. The second-order valence-corrected chi connectivity index (χ2v) is 8.71. The molecule has 0 saturated heterocycles. The van der Waals surface area contributed by atoms with Crippen LogP contribution in [-0.4, -0.2) is 15.0 Å². The SMILES string of the molecule is C[Se]c1cc(-c2ccccc2)ccc1C#Cc1ccc(-c2ccccc2)cc1C. The van der Waals surface area contributed by atoms with Crippen molar-refractivity contribution >= 4 is 19.4 Å². The molecule has 4 rings (SSSR count). The molecule has 0 saturated carbocycles. The Balaban J connectivity index is 1.63. The van der Waals surface area contributed by atoms with Gasteiger partial charge in [0.2, 0.25) is 0 Å². The molecular formula is C28H22Se. The Morgan fingerprint density at radius 2 is 1.07 bits per heavy atom. The van der Waals surface area contributed by atoms with Gasteiger partial charge < -0.3 is 0 Å².